The second-order valence-corrected chi connectivity index (χ2v) is 4.42. The number of nitrogens with one attached hydrogen (secondary N) is 1. The van der Waals surface area contributed by atoms with E-state index >= 15 is 0 Å². The minimum absolute atomic E-state index is 0.283. The maximum absolute atomic E-state index is 12.0. The molecule has 96 valence electrons. The average molecular weight is 240 g/mol. The van der Waals surface area contributed by atoms with Gasteiger partial charge in [0.2, 0.25) is 0 Å². The Morgan fingerprint density at radius 3 is 2.65 bits per heavy atom. The standard InChI is InChI=1S/C12H20N2O3/c1-3-6-14-7-4-5-10(14)11(17)13-12(2,8-15)9-16/h4-5,7,15-16H,3,6,8-9H2,1-2H3,(H,13,17). The van der Waals surface area contributed by atoms with Crippen LogP contribution in [0.15, 0.2) is 18.3 Å². The summed E-state index contributed by atoms with van der Waals surface area (Å²) in [7, 11) is 0. The number of hydrogen-bond acceptors (Lipinski definition) is 3. The topological polar surface area (TPSA) is 74.5 Å². The molecule has 3 N–H and O–H groups in total. The first-order chi connectivity index (χ1) is 8.06. The van der Waals surface area contributed by atoms with Gasteiger partial charge < -0.3 is 20.1 Å². The van der Waals surface area contributed by atoms with Crippen LogP contribution in [0.4, 0.5) is 0 Å². The van der Waals surface area contributed by atoms with E-state index in [9.17, 15) is 4.79 Å². The molecular weight excluding hydrogens is 220 g/mol. The third-order valence-corrected chi connectivity index (χ3v) is 2.64. The number of nitrogens with zero attached hydrogens (tertiary/aromatic N) is 1. The lowest BCUT2D eigenvalue weighted by molar-refractivity contribution is 0.0716. The highest BCUT2D eigenvalue weighted by Gasteiger charge is 2.26. The van der Waals surface area contributed by atoms with Crippen LogP contribution in [0, 0.1) is 0 Å². The zero-order valence-corrected chi connectivity index (χ0v) is 10.3. The van der Waals surface area contributed by atoms with Crippen molar-refractivity contribution in [3.8, 4) is 0 Å². The average Bonchev–Trinajstić information content (AvgIpc) is 2.77. The maximum atomic E-state index is 12.0. The molecule has 0 saturated heterocycles. The van der Waals surface area contributed by atoms with Gasteiger partial charge in [-0.2, -0.15) is 0 Å². The summed E-state index contributed by atoms with van der Waals surface area (Å²) in [5.41, 5.74) is -0.446. The van der Waals surface area contributed by atoms with Crippen LogP contribution in [0.1, 0.15) is 30.8 Å². The van der Waals surface area contributed by atoms with Crippen LogP contribution in [0.3, 0.4) is 0 Å². The minimum atomic E-state index is -0.988. The number of aliphatic hydroxyl groups is 2. The fourth-order valence-corrected chi connectivity index (χ4v) is 1.52. The molecule has 0 aromatic carbocycles. The van der Waals surface area contributed by atoms with E-state index in [1.54, 1.807) is 19.1 Å². The van der Waals surface area contributed by atoms with Gasteiger partial charge >= 0.3 is 0 Å². The Balaban J connectivity index is 2.79. The summed E-state index contributed by atoms with van der Waals surface area (Å²) < 4.78 is 1.85. The number of carbonyl (C=O) groups excluding carboxylic acids is 1. The zero-order valence-electron chi connectivity index (χ0n) is 10.3. The summed E-state index contributed by atoms with van der Waals surface area (Å²) in [5.74, 6) is -0.283. The Morgan fingerprint density at radius 1 is 1.47 bits per heavy atom. The van der Waals surface area contributed by atoms with E-state index in [0.29, 0.717) is 5.69 Å². The maximum Gasteiger partial charge on any atom is 0.268 e. The molecule has 0 atom stereocenters. The van der Waals surface area contributed by atoms with Crippen LogP contribution in [-0.2, 0) is 6.54 Å². The number of rotatable bonds is 6. The predicted molar refractivity (Wildman–Crippen MR) is 64.8 cm³/mol. The van der Waals surface area contributed by atoms with Gasteiger partial charge in [0.05, 0.1) is 18.8 Å². The van der Waals surface area contributed by atoms with Gasteiger partial charge in [0, 0.05) is 12.7 Å². The van der Waals surface area contributed by atoms with E-state index in [2.05, 4.69) is 5.32 Å². The highest BCUT2D eigenvalue weighted by atomic mass is 16.3. The van der Waals surface area contributed by atoms with E-state index in [0.717, 1.165) is 13.0 Å². The SMILES string of the molecule is CCCn1cccc1C(=O)NC(C)(CO)CO. The van der Waals surface area contributed by atoms with Gasteiger partial charge in [0.1, 0.15) is 5.69 Å². The molecule has 0 unspecified atom stereocenters. The number of aliphatic hydroxyl groups excluding tert-OH is 2. The van der Waals surface area contributed by atoms with Crippen molar-refractivity contribution < 1.29 is 15.0 Å². The Kier molecular flexibility index (Phi) is 4.72. The largest absolute Gasteiger partial charge is 0.394 e. The first-order valence-corrected chi connectivity index (χ1v) is 5.75. The van der Waals surface area contributed by atoms with E-state index in [1.165, 1.54) is 0 Å². The van der Waals surface area contributed by atoms with Crippen molar-refractivity contribution in [2.45, 2.75) is 32.4 Å². The molecule has 5 nitrogen and oxygen atoms in total. The first kappa shape index (κ1) is 13.7. The molecule has 0 aliphatic rings. The Labute approximate surface area is 101 Å². The molecule has 1 heterocycles. The Hall–Kier alpha value is -1.33. The lowest BCUT2D eigenvalue weighted by Crippen LogP contribution is -2.52. The number of amides is 1. The minimum Gasteiger partial charge on any atom is -0.394 e. The number of aryl methyl sites for hydroxylation is 1. The van der Waals surface area contributed by atoms with Crippen LogP contribution in [0.25, 0.3) is 0 Å². The number of aromatic nitrogens is 1. The lowest BCUT2D eigenvalue weighted by atomic mass is 10.1. The third kappa shape index (κ3) is 3.31. The molecule has 1 aromatic heterocycles. The van der Waals surface area contributed by atoms with Crippen LogP contribution < -0.4 is 5.32 Å². The Bertz CT molecular complexity index is 370. The van der Waals surface area contributed by atoms with Gasteiger partial charge in [-0.3, -0.25) is 4.79 Å². The summed E-state index contributed by atoms with van der Waals surface area (Å²) >= 11 is 0. The van der Waals surface area contributed by atoms with Crippen LogP contribution >= 0.6 is 0 Å². The highest BCUT2D eigenvalue weighted by Crippen LogP contribution is 2.07. The molecular formula is C12H20N2O3. The molecule has 1 rings (SSSR count). The van der Waals surface area contributed by atoms with E-state index in [4.69, 9.17) is 10.2 Å². The molecule has 0 bridgehead atoms. The summed E-state index contributed by atoms with van der Waals surface area (Å²) in [4.78, 5) is 12.0. The monoisotopic (exact) mass is 240 g/mol. The third-order valence-electron chi connectivity index (χ3n) is 2.64. The molecule has 0 saturated carbocycles. The van der Waals surface area contributed by atoms with Gasteiger partial charge in [-0.25, -0.2) is 0 Å². The van der Waals surface area contributed by atoms with E-state index in [1.807, 2.05) is 17.7 Å². The van der Waals surface area contributed by atoms with Crippen molar-refractivity contribution >= 4 is 5.91 Å². The van der Waals surface area contributed by atoms with Crippen LogP contribution in [-0.4, -0.2) is 39.4 Å². The molecule has 0 radical (unpaired) electrons. The highest BCUT2D eigenvalue weighted by molar-refractivity contribution is 5.93. The van der Waals surface area contributed by atoms with Gasteiger partial charge in [-0.05, 0) is 25.5 Å². The summed E-state index contributed by atoms with van der Waals surface area (Å²) in [6.07, 6.45) is 2.78. The molecule has 5 heteroatoms. The normalized spacial score (nSPS) is 11.5. The van der Waals surface area contributed by atoms with Gasteiger partial charge in [0.15, 0.2) is 0 Å². The molecule has 1 amide bonds. The molecule has 0 aliphatic carbocycles. The van der Waals surface area contributed by atoms with Crippen molar-refractivity contribution in [2.75, 3.05) is 13.2 Å². The van der Waals surface area contributed by atoms with Crippen molar-refractivity contribution in [1.82, 2.24) is 9.88 Å². The van der Waals surface area contributed by atoms with E-state index < -0.39 is 5.54 Å². The van der Waals surface area contributed by atoms with Gasteiger partial charge in [-0.15, -0.1) is 0 Å². The number of hydrogen-bond donors (Lipinski definition) is 3. The van der Waals surface area contributed by atoms with Crippen molar-refractivity contribution in [2.24, 2.45) is 0 Å². The zero-order chi connectivity index (χ0) is 12.9. The fraction of sp³-hybridized carbons (Fsp3) is 0.583. The van der Waals surface area contributed by atoms with Gasteiger partial charge in [-0.1, -0.05) is 6.92 Å². The second-order valence-electron chi connectivity index (χ2n) is 4.42. The molecule has 1 aromatic rings. The number of carbonyl (C=O) groups is 1. The van der Waals surface area contributed by atoms with Crippen molar-refractivity contribution in [1.29, 1.82) is 0 Å². The summed E-state index contributed by atoms with van der Waals surface area (Å²) in [6.45, 7) is 3.80. The lowest BCUT2D eigenvalue weighted by Gasteiger charge is -2.26. The summed E-state index contributed by atoms with van der Waals surface area (Å²) in [5, 5.41) is 20.9. The van der Waals surface area contributed by atoms with Crippen molar-refractivity contribution in [3.05, 3.63) is 24.0 Å². The quantitative estimate of drug-likeness (QED) is 0.672. The predicted octanol–water partition coefficient (Wildman–Crippen LogP) is 0.371. The molecule has 0 fully saturated rings. The van der Waals surface area contributed by atoms with Crippen LogP contribution in [0.2, 0.25) is 0 Å². The molecule has 0 spiro atoms. The van der Waals surface area contributed by atoms with Crippen molar-refractivity contribution in [3.63, 3.8) is 0 Å². The molecule has 0 aliphatic heterocycles. The molecule has 17 heavy (non-hydrogen) atoms. The van der Waals surface area contributed by atoms with Gasteiger partial charge in [0.25, 0.3) is 5.91 Å². The second kappa shape index (κ2) is 5.84. The summed E-state index contributed by atoms with van der Waals surface area (Å²) in [6, 6.07) is 3.53. The Morgan fingerprint density at radius 2 is 2.12 bits per heavy atom. The van der Waals surface area contributed by atoms with Crippen LogP contribution in [0.5, 0.6) is 0 Å². The fourth-order valence-electron chi connectivity index (χ4n) is 1.52. The first-order valence-electron chi connectivity index (χ1n) is 5.75. The smallest absolute Gasteiger partial charge is 0.268 e. The van der Waals surface area contributed by atoms with E-state index in [-0.39, 0.29) is 19.1 Å².